The molecule has 2 heterocycles. The molecule has 2 rings (SSSR count). The third kappa shape index (κ3) is 2.89. The van der Waals surface area contributed by atoms with Crippen molar-refractivity contribution >= 4 is 11.7 Å². The lowest BCUT2D eigenvalue weighted by Gasteiger charge is -2.21. The van der Waals surface area contributed by atoms with Crippen molar-refractivity contribution in [3.05, 3.63) is 18.3 Å². The Morgan fingerprint density at radius 3 is 2.82 bits per heavy atom. The molecule has 0 atom stereocenters. The summed E-state index contributed by atoms with van der Waals surface area (Å²) in [6.45, 7) is 4.43. The number of carbonyl (C=O) groups is 1. The molecule has 0 unspecified atom stereocenters. The van der Waals surface area contributed by atoms with Crippen molar-refractivity contribution < 1.29 is 9.18 Å². The Morgan fingerprint density at radius 2 is 2.12 bits per heavy atom. The van der Waals surface area contributed by atoms with E-state index in [0.29, 0.717) is 18.9 Å². The normalized spacial score (nSPS) is 16.8. The minimum atomic E-state index is -0.525. The van der Waals surface area contributed by atoms with Crippen molar-refractivity contribution in [2.24, 2.45) is 0 Å². The van der Waals surface area contributed by atoms with Crippen LogP contribution >= 0.6 is 0 Å². The van der Waals surface area contributed by atoms with Crippen LogP contribution in [0.2, 0.25) is 0 Å². The minimum absolute atomic E-state index is 0.0840. The van der Waals surface area contributed by atoms with Crippen molar-refractivity contribution in [1.82, 2.24) is 14.9 Å². The Hall–Kier alpha value is -1.72. The topological polar surface area (TPSA) is 49.3 Å². The molecule has 92 valence electrons. The van der Waals surface area contributed by atoms with E-state index in [-0.39, 0.29) is 5.91 Å². The van der Waals surface area contributed by atoms with E-state index in [1.807, 2.05) is 4.90 Å². The molecule has 0 saturated carbocycles. The van der Waals surface area contributed by atoms with Gasteiger partial charge < -0.3 is 9.80 Å². The van der Waals surface area contributed by atoms with Gasteiger partial charge in [0.05, 0.1) is 0 Å². The standard InChI is InChI=1S/C11H15FN4O/c1-9(17)15-3-2-4-16(6-5-15)11-7-10(12)13-8-14-11/h7-8H,2-6H2,1H3. The number of anilines is 1. The second kappa shape index (κ2) is 5.07. The van der Waals surface area contributed by atoms with Gasteiger partial charge in [0.25, 0.3) is 0 Å². The quantitative estimate of drug-likeness (QED) is 0.675. The van der Waals surface area contributed by atoms with Crippen molar-refractivity contribution in [3.63, 3.8) is 0 Å². The highest BCUT2D eigenvalue weighted by Crippen LogP contribution is 2.13. The number of amides is 1. The maximum atomic E-state index is 13.0. The van der Waals surface area contributed by atoms with Crippen molar-refractivity contribution in [2.45, 2.75) is 13.3 Å². The molecule has 0 aliphatic carbocycles. The Bertz CT molecular complexity index is 412. The van der Waals surface area contributed by atoms with E-state index >= 15 is 0 Å². The largest absolute Gasteiger partial charge is 0.355 e. The average Bonchev–Trinajstić information content (AvgIpc) is 2.54. The molecule has 1 saturated heterocycles. The van der Waals surface area contributed by atoms with Crippen LogP contribution < -0.4 is 4.90 Å². The van der Waals surface area contributed by atoms with Crippen LogP contribution in [0.25, 0.3) is 0 Å². The first-order valence-corrected chi connectivity index (χ1v) is 5.65. The molecule has 1 fully saturated rings. The molecular weight excluding hydrogens is 223 g/mol. The SMILES string of the molecule is CC(=O)N1CCCN(c2cc(F)ncn2)CC1. The second-order valence-electron chi connectivity index (χ2n) is 4.05. The molecule has 0 bridgehead atoms. The fourth-order valence-corrected chi connectivity index (χ4v) is 1.96. The highest BCUT2D eigenvalue weighted by molar-refractivity contribution is 5.73. The van der Waals surface area contributed by atoms with Crippen molar-refractivity contribution in [2.75, 3.05) is 31.1 Å². The first-order valence-electron chi connectivity index (χ1n) is 5.65. The number of carbonyl (C=O) groups excluding carboxylic acids is 1. The number of hydrogen-bond acceptors (Lipinski definition) is 4. The molecule has 1 amide bonds. The van der Waals surface area contributed by atoms with E-state index in [1.165, 1.54) is 12.4 Å². The van der Waals surface area contributed by atoms with Gasteiger partial charge in [-0.05, 0) is 6.42 Å². The fourth-order valence-electron chi connectivity index (χ4n) is 1.96. The lowest BCUT2D eigenvalue weighted by molar-refractivity contribution is -0.128. The van der Waals surface area contributed by atoms with Gasteiger partial charge in [-0.1, -0.05) is 0 Å². The lowest BCUT2D eigenvalue weighted by atomic mass is 10.3. The second-order valence-corrected chi connectivity index (χ2v) is 4.05. The first kappa shape index (κ1) is 11.8. The zero-order chi connectivity index (χ0) is 12.3. The molecule has 1 aliphatic heterocycles. The van der Waals surface area contributed by atoms with E-state index < -0.39 is 5.95 Å². The average molecular weight is 238 g/mol. The van der Waals surface area contributed by atoms with Crippen LogP contribution in [0.3, 0.4) is 0 Å². The number of nitrogens with zero attached hydrogens (tertiary/aromatic N) is 4. The summed E-state index contributed by atoms with van der Waals surface area (Å²) < 4.78 is 13.0. The third-order valence-corrected chi connectivity index (χ3v) is 2.88. The molecule has 6 heteroatoms. The summed E-state index contributed by atoms with van der Waals surface area (Å²) >= 11 is 0. The summed E-state index contributed by atoms with van der Waals surface area (Å²) in [6, 6.07) is 1.32. The van der Waals surface area contributed by atoms with E-state index in [4.69, 9.17) is 0 Å². The molecular formula is C11H15FN4O. The smallest absolute Gasteiger partial charge is 0.219 e. The van der Waals surface area contributed by atoms with Gasteiger partial charge in [-0.3, -0.25) is 4.79 Å². The zero-order valence-electron chi connectivity index (χ0n) is 9.77. The number of rotatable bonds is 1. The number of hydrogen-bond donors (Lipinski definition) is 0. The molecule has 0 spiro atoms. The van der Waals surface area contributed by atoms with Crippen LogP contribution in [0.4, 0.5) is 10.2 Å². The highest BCUT2D eigenvalue weighted by Gasteiger charge is 2.17. The first-order chi connectivity index (χ1) is 8.16. The van der Waals surface area contributed by atoms with Gasteiger partial charge in [-0.15, -0.1) is 0 Å². The molecule has 1 aromatic rings. The lowest BCUT2D eigenvalue weighted by Crippen LogP contribution is -2.33. The summed E-state index contributed by atoms with van der Waals surface area (Å²) in [4.78, 5) is 22.5. The summed E-state index contributed by atoms with van der Waals surface area (Å²) in [5.74, 6) is 0.145. The van der Waals surface area contributed by atoms with Gasteiger partial charge in [0.15, 0.2) is 0 Å². The molecule has 17 heavy (non-hydrogen) atoms. The van der Waals surface area contributed by atoms with E-state index in [2.05, 4.69) is 9.97 Å². The summed E-state index contributed by atoms with van der Waals surface area (Å²) in [5, 5.41) is 0. The molecule has 0 N–H and O–H groups in total. The monoisotopic (exact) mass is 238 g/mol. The Labute approximate surface area is 99.3 Å². The minimum Gasteiger partial charge on any atom is -0.355 e. The van der Waals surface area contributed by atoms with Gasteiger partial charge in [0.2, 0.25) is 11.9 Å². The van der Waals surface area contributed by atoms with Crippen LogP contribution in [-0.4, -0.2) is 47.0 Å². The Kier molecular flexibility index (Phi) is 3.51. The number of halogens is 1. The van der Waals surface area contributed by atoms with Gasteiger partial charge in [-0.25, -0.2) is 9.97 Å². The van der Waals surface area contributed by atoms with Crippen molar-refractivity contribution in [3.8, 4) is 0 Å². The molecule has 5 nitrogen and oxygen atoms in total. The highest BCUT2D eigenvalue weighted by atomic mass is 19.1. The number of aromatic nitrogens is 2. The van der Waals surface area contributed by atoms with Crippen LogP contribution in [0.5, 0.6) is 0 Å². The maximum Gasteiger partial charge on any atom is 0.219 e. The van der Waals surface area contributed by atoms with Gasteiger partial charge in [0, 0.05) is 39.2 Å². The maximum absolute atomic E-state index is 13.0. The third-order valence-electron chi connectivity index (χ3n) is 2.88. The zero-order valence-corrected chi connectivity index (χ0v) is 9.77. The van der Waals surface area contributed by atoms with E-state index in [1.54, 1.807) is 11.8 Å². The summed E-state index contributed by atoms with van der Waals surface area (Å²) in [7, 11) is 0. The van der Waals surface area contributed by atoms with Crippen LogP contribution in [0, 0.1) is 5.95 Å². The van der Waals surface area contributed by atoms with Gasteiger partial charge in [-0.2, -0.15) is 4.39 Å². The summed E-state index contributed by atoms with van der Waals surface area (Å²) in [5.41, 5.74) is 0. The van der Waals surface area contributed by atoms with Crippen LogP contribution in [0.15, 0.2) is 12.4 Å². The van der Waals surface area contributed by atoms with Gasteiger partial charge in [0.1, 0.15) is 12.1 Å². The molecule has 0 aromatic carbocycles. The Balaban J connectivity index is 2.06. The summed E-state index contributed by atoms with van der Waals surface area (Å²) in [6.07, 6.45) is 2.09. The van der Waals surface area contributed by atoms with Crippen LogP contribution in [-0.2, 0) is 4.79 Å². The predicted octanol–water partition coefficient (Wildman–Crippen LogP) is 0.674. The van der Waals surface area contributed by atoms with Gasteiger partial charge >= 0.3 is 0 Å². The van der Waals surface area contributed by atoms with E-state index in [0.717, 1.165) is 19.5 Å². The molecule has 0 radical (unpaired) electrons. The fraction of sp³-hybridized carbons (Fsp3) is 0.545. The van der Waals surface area contributed by atoms with E-state index in [9.17, 15) is 9.18 Å². The molecule has 1 aromatic heterocycles. The van der Waals surface area contributed by atoms with Crippen molar-refractivity contribution in [1.29, 1.82) is 0 Å². The molecule has 1 aliphatic rings. The van der Waals surface area contributed by atoms with Crippen LogP contribution in [0.1, 0.15) is 13.3 Å². The Morgan fingerprint density at radius 1 is 1.29 bits per heavy atom. The predicted molar refractivity (Wildman–Crippen MR) is 61.1 cm³/mol.